The first kappa shape index (κ1) is 17.1. The molecule has 1 heterocycles. The van der Waals surface area contributed by atoms with Crippen molar-refractivity contribution in [3.05, 3.63) is 42.5 Å². The van der Waals surface area contributed by atoms with E-state index in [4.69, 9.17) is 28.3 Å². The maximum Gasteiger partial charge on any atom is 0.263 e. The number of sulfonamides is 1. The zero-order valence-electron chi connectivity index (χ0n) is 10.7. The Kier molecular flexibility index (Phi) is 5.23. The summed E-state index contributed by atoms with van der Waals surface area (Å²) in [5.41, 5.74) is 0.123. The predicted octanol–water partition coefficient (Wildman–Crippen LogP) is 4.42. The monoisotopic (exact) mass is 429 g/mol. The number of aryl methyl sites for hydroxylation is 1. The van der Waals surface area contributed by atoms with E-state index in [1.54, 1.807) is 19.1 Å². The molecule has 1 aromatic carbocycles. The molecule has 2 rings (SSSR count). The lowest BCUT2D eigenvalue weighted by Gasteiger charge is -2.11. The van der Waals surface area contributed by atoms with Gasteiger partial charge in [-0.15, -0.1) is 11.3 Å². The Morgan fingerprint density at radius 2 is 1.86 bits per heavy atom. The molecule has 0 bridgehead atoms. The molecule has 2 aromatic rings. The molecule has 9 heteroatoms. The standard InChI is InChI=1S/C12H10BrCl2NO3S2/c1-6-11(4-8(5-17)20-6)21(18,19)16-12-9(14)2-7(13)3-10(12)15/h2-4,16-17H,5H2,1H3. The fraction of sp³-hybridized carbons (Fsp3) is 0.167. The molecule has 1 aromatic heterocycles. The summed E-state index contributed by atoms with van der Waals surface area (Å²) in [6.07, 6.45) is 0. The smallest absolute Gasteiger partial charge is 0.263 e. The molecular formula is C12H10BrCl2NO3S2. The van der Waals surface area contributed by atoms with E-state index in [1.807, 2.05) is 0 Å². The lowest BCUT2D eigenvalue weighted by Crippen LogP contribution is -2.13. The van der Waals surface area contributed by atoms with Crippen LogP contribution in [0.25, 0.3) is 0 Å². The molecule has 0 saturated carbocycles. The average Bonchev–Trinajstić information content (AvgIpc) is 2.76. The Bertz CT molecular complexity index is 767. The van der Waals surface area contributed by atoms with Crippen LogP contribution in [0.15, 0.2) is 27.6 Å². The highest BCUT2D eigenvalue weighted by atomic mass is 79.9. The summed E-state index contributed by atoms with van der Waals surface area (Å²) in [4.78, 5) is 1.25. The minimum Gasteiger partial charge on any atom is -0.391 e. The van der Waals surface area contributed by atoms with Gasteiger partial charge < -0.3 is 5.11 Å². The van der Waals surface area contributed by atoms with Gasteiger partial charge in [0, 0.05) is 14.2 Å². The van der Waals surface area contributed by atoms with Crippen molar-refractivity contribution in [1.82, 2.24) is 0 Å². The van der Waals surface area contributed by atoms with Crippen LogP contribution in [0.2, 0.25) is 10.0 Å². The molecule has 114 valence electrons. The number of hydrogen-bond acceptors (Lipinski definition) is 4. The van der Waals surface area contributed by atoms with Crippen LogP contribution < -0.4 is 4.72 Å². The van der Waals surface area contributed by atoms with Crippen LogP contribution in [-0.2, 0) is 16.6 Å². The minimum atomic E-state index is -3.83. The third-order valence-corrected chi connectivity index (χ3v) is 6.31. The number of benzene rings is 1. The van der Waals surface area contributed by atoms with Crippen LogP contribution in [0.3, 0.4) is 0 Å². The largest absolute Gasteiger partial charge is 0.391 e. The fourth-order valence-electron chi connectivity index (χ4n) is 1.70. The van der Waals surface area contributed by atoms with Crippen molar-refractivity contribution in [3.63, 3.8) is 0 Å². The molecule has 0 aliphatic heterocycles. The molecule has 0 fully saturated rings. The normalized spacial score (nSPS) is 11.7. The summed E-state index contributed by atoms with van der Waals surface area (Å²) < 4.78 is 27.9. The first-order chi connectivity index (χ1) is 9.74. The van der Waals surface area contributed by atoms with Gasteiger partial charge in [-0.2, -0.15) is 0 Å². The first-order valence-corrected chi connectivity index (χ1v) is 9.47. The number of aliphatic hydroxyl groups excluding tert-OH is 1. The zero-order chi connectivity index (χ0) is 15.8. The number of anilines is 1. The molecule has 21 heavy (non-hydrogen) atoms. The van der Waals surface area contributed by atoms with Crippen LogP contribution in [0, 0.1) is 6.92 Å². The molecule has 2 N–H and O–H groups in total. The second kappa shape index (κ2) is 6.44. The molecular weight excluding hydrogens is 421 g/mol. The van der Waals surface area contributed by atoms with Gasteiger partial charge in [0.05, 0.1) is 22.3 Å². The van der Waals surface area contributed by atoms with Gasteiger partial charge in [-0.3, -0.25) is 4.72 Å². The van der Waals surface area contributed by atoms with E-state index in [-0.39, 0.29) is 27.2 Å². The van der Waals surface area contributed by atoms with Crippen molar-refractivity contribution >= 4 is 66.2 Å². The maximum atomic E-state index is 12.4. The molecule has 4 nitrogen and oxygen atoms in total. The Morgan fingerprint density at radius 3 is 2.33 bits per heavy atom. The highest BCUT2D eigenvalue weighted by molar-refractivity contribution is 9.10. The zero-order valence-corrected chi connectivity index (χ0v) is 15.4. The van der Waals surface area contributed by atoms with Crippen molar-refractivity contribution in [2.75, 3.05) is 4.72 Å². The van der Waals surface area contributed by atoms with Gasteiger partial charge >= 0.3 is 0 Å². The van der Waals surface area contributed by atoms with Gasteiger partial charge in [0.25, 0.3) is 10.0 Å². The predicted molar refractivity (Wildman–Crippen MR) is 89.9 cm³/mol. The van der Waals surface area contributed by atoms with E-state index >= 15 is 0 Å². The second-order valence-corrected chi connectivity index (χ2v) is 8.86. The van der Waals surface area contributed by atoms with E-state index in [9.17, 15) is 8.42 Å². The fourth-order valence-corrected chi connectivity index (χ4v) is 5.71. The van der Waals surface area contributed by atoms with Gasteiger partial charge in [0.1, 0.15) is 4.90 Å². The van der Waals surface area contributed by atoms with Crippen LogP contribution in [0.5, 0.6) is 0 Å². The minimum absolute atomic E-state index is 0.103. The Morgan fingerprint density at radius 1 is 1.29 bits per heavy atom. The van der Waals surface area contributed by atoms with Crippen LogP contribution in [0.1, 0.15) is 9.75 Å². The van der Waals surface area contributed by atoms with E-state index in [1.165, 1.54) is 17.4 Å². The summed E-state index contributed by atoms with van der Waals surface area (Å²) in [6, 6.07) is 4.53. The van der Waals surface area contributed by atoms with Gasteiger partial charge in [-0.1, -0.05) is 39.1 Å². The van der Waals surface area contributed by atoms with E-state index in [0.717, 1.165) is 0 Å². The third-order valence-electron chi connectivity index (χ3n) is 2.61. The number of aliphatic hydroxyl groups is 1. The van der Waals surface area contributed by atoms with E-state index in [2.05, 4.69) is 20.7 Å². The molecule has 0 aliphatic carbocycles. The number of halogens is 3. The average molecular weight is 431 g/mol. The Hall–Kier alpha value is -0.310. The van der Waals surface area contributed by atoms with Crippen molar-refractivity contribution in [3.8, 4) is 0 Å². The van der Waals surface area contributed by atoms with Gasteiger partial charge in [-0.05, 0) is 25.1 Å². The summed E-state index contributed by atoms with van der Waals surface area (Å²) in [5.74, 6) is 0. The quantitative estimate of drug-likeness (QED) is 0.754. The van der Waals surface area contributed by atoms with Crippen molar-refractivity contribution in [2.24, 2.45) is 0 Å². The van der Waals surface area contributed by atoms with E-state index in [0.29, 0.717) is 14.2 Å². The van der Waals surface area contributed by atoms with Crippen molar-refractivity contribution in [1.29, 1.82) is 0 Å². The molecule has 0 spiro atoms. The Balaban J connectivity index is 2.44. The van der Waals surface area contributed by atoms with Gasteiger partial charge in [-0.25, -0.2) is 8.42 Å². The van der Waals surface area contributed by atoms with Crippen LogP contribution in [0.4, 0.5) is 5.69 Å². The maximum absolute atomic E-state index is 12.4. The summed E-state index contributed by atoms with van der Waals surface area (Å²) in [6.45, 7) is 1.46. The van der Waals surface area contributed by atoms with E-state index < -0.39 is 10.0 Å². The number of thiophene rings is 1. The molecule has 0 amide bonds. The molecule has 0 unspecified atom stereocenters. The topological polar surface area (TPSA) is 66.4 Å². The van der Waals surface area contributed by atoms with Crippen LogP contribution in [-0.4, -0.2) is 13.5 Å². The summed E-state index contributed by atoms with van der Waals surface area (Å²) in [7, 11) is -3.83. The van der Waals surface area contributed by atoms with Crippen molar-refractivity contribution < 1.29 is 13.5 Å². The van der Waals surface area contributed by atoms with Gasteiger partial charge in [0.2, 0.25) is 0 Å². The lowest BCUT2D eigenvalue weighted by molar-refractivity contribution is 0.285. The third kappa shape index (κ3) is 3.72. The van der Waals surface area contributed by atoms with Crippen molar-refractivity contribution in [2.45, 2.75) is 18.4 Å². The number of hydrogen-bond donors (Lipinski definition) is 2. The van der Waals surface area contributed by atoms with Crippen LogP contribution >= 0.6 is 50.5 Å². The number of rotatable bonds is 4. The SMILES string of the molecule is Cc1sc(CO)cc1S(=O)(=O)Nc1c(Cl)cc(Br)cc1Cl. The Labute approximate surface area is 144 Å². The van der Waals surface area contributed by atoms with Gasteiger partial charge in [0.15, 0.2) is 0 Å². The highest BCUT2D eigenvalue weighted by Crippen LogP contribution is 2.36. The molecule has 0 atom stereocenters. The molecule has 0 saturated heterocycles. The highest BCUT2D eigenvalue weighted by Gasteiger charge is 2.22. The number of nitrogens with one attached hydrogen (secondary N) is 1. The molecule has 0 aliphatic rings. The molecule has 0 radical (unpaired) electrons. The second-order valence-electron chi connectivity index (χ2n) is 4.14. The summed E-state index contributed by atoms with van der Waals surface area (Å²) >= 11 is 16.5. The summed E-state index contributed by atoms with van der Waals surface area (Å²) in [5, 5.41) is 9.47. The first-order valence-electron chi connectivity index (χ1n) is 5.62. The lowest BCUT2D eigenvalue weighted by atomic mass is 10.3.